The number of carboxylic acid groups (broad SMARTS) is 1. The predicted octanol–water partition coefficient (Wildman–Crippen LogP) is 0.555. The first-order valence-electron chi connectivity index (χ1n) is 4.87. The number of aliphatic hydroxyl groups excluding tert-OH is 1. The molecule has 0 bridgehead atoms. The van der Waals surface area contributed by atoms with Crippen LogP contribution in [0.2, 0.25) is 0 Å². The quantitative estimate of drug-likeness (QED) is 0.496. The molecule has 4 nitrogen and oxygen atoms in total. The second kappa shape index (κ2) is 9.30. The minimum absolute atomic E-state index is 0.229. The van der Waals surface area contributed by atoms with Gasteiger partial charge in [0.25, 0.3) is 0 Å². The van der Waals surface area contributed by atoms with Gasteiger partial charge in [-0.1, -0.05) is 6.92 Å². The molecule has 1 unspecified atom stereocenters. The van der Waals surface area contributed by atoms with Gasteiger partial charge in [0.1, 0.15) is 6.04 Å². The summed E-state index contributed by atoms with van der Waals surface area (Å²) in [7, 11) is 0. The first kappa shape index (κ1) is 13.7. The molecule has 14 heavy (non-hydrogen) atoms. The lowest BCUT2D eigenvalue weighted by Crippen LogP contribution is -2.37. The molecule has 0 saturated heterocycles. The summed E-state index contributed by atoms with van der Waals surface area (Å²) in [4.78, 5) is 10.6. The normalized spacial score (nSPS) is 12.7. The number of carboxylic acids is 1. The highest BCUT2D eigenvalue weighted by atomic mass is 32.2. The molecule has 0 spiro atoms. The standard InChI is InChI=1S/C9H19NO3S/c1-2-8(9(12)13)10-4-7-14-6-3-5-11/h8,10-11H,2-7H2,1H3,(H,12,13). The van der Waals surface area contributed by atoms with Crippen LogP contribution in [0.3, 0.4) is 0 Å². The van der Waals surface area contributed by atoms with Gasteiger partial charge in [-0.2, -0.15) is 11.8 Å². The van der Waals surface area contributed by atoms with Crippen molar-refractivity contribution >= 4 is 17.7 Å². The van der Waals surface area contributed by atoms with Gasteiger partial charge in [-0.05, 0) is 18.6 Å². The molecule has 84 valence electrons. The number of aliphatic hydroxyl groups is 1. The number of aliphatic carboxylic acids is 1. The zero-order chi connectivity index (χ0) is 10.8. The monoisotopic (exact) mass is 221 g/mol. The summed E-state index contributed by atoms with van der Waals surface area (Å²) in [5.41, 5.74) is 0. The van der Waals surface area contributed by atoms with Crippen molar-refractivity contribution in [1.29, 1.82) is 0 Å². The lowest BCUT2D eigenvalue weighted by Gasteiger charge is -2.11. The maximum atomic E-state index is 10.6. The molecule has 0 radical (unpaired) electrons. The molecule has 0 heterocycles. The molecule has 0 rings (SSSR count). The van der Waals surface area contributed by atoms with Crippen LogP contribution in [0.1, 0.15) is 19.8 Å². The Hall–Kier alpha value is -0.260. The lowest BCUT2D eigenvalue weighted by molar-refractivity contribution is -0.139. The summed E-state index contributed by atoms with van der Waals surface area (Å²) in [5, 5.41) is 20.2. The van der Waals surface area contributed by atoms with Gasteiger partial charge in [-0.25, -0.2) is 0 Å². The van der Waals surface area contributed by atoms with Gasteiger partial charge in [0.15, 0.2) is 0 Å². The van der Waals surface area contributed by atoms with E-state index in [0.29, 0.717) is 13.0 Å². The fraction of sp³-hybridized carbons (Fsp3) is 0.889. The highest BCUT2D eigenvalue weighted by Gasteiger charge is 2.12. The Morgan fingerprint density at radius 1 is 1.50 bits per heavy atom. The van der Waals surface area contributed by atoms with Crippen molar-refractivity contribution in [3.8, 4) is 0 Å². The fourth-order valence-electron chi connectivity index (χ4n) is 0.980. The zero-order valence-corrected chi connectivity index (χ0v) is 9.35. The Balaban J connectivity index is 3.29. The Labute approximate surface area is 89.1 Å². The predicted molar refractivity (Wildman–Crippen MR) is 58.7 cm³/mol. The minimum Gasteiger partial charge on any atom is -0.480 e. The third-order valence-electron chi connectivity index (χ3n) is 1.79. The van der Waals surface area contributed by atoms with Gasteiger partial charge in [0.05, 0.1) is 0 Å². The molecule has 0 aliphatic heterocycles. The number of carbonyl (C=O) groups is 1. The molecule has 0 aromatic heterocycles. The molecular formula is C9H19NO3S. The van der Waals surface area contributed by atoms with Crippen LogP contribution >= 0.6 is 11.8 Å². The Kier molecular flexibility index (Phi) is 9.13. The average Bonchev–Trinajstić information content (AvgIpc) is 2.16. The maximum absolute atomic E-state index is 10.6. The largest absolute Gasteiger partial charge is 0.480 e. The number of hydrogen-bond acceptors (Lipinski definition) is 4. The second-order valence-electron chi connectivity index (χ2n) is 2.94. The smallest absolute Gasteiger partial charge is 0.320 e. The van der Waals surface area contributed by atoms with Crippen molar-refractivity contribution in [3.63, 3.8) is 0 Å². The van der Waals surface area contributed by atoms with E-state index in [1.165, 1.54) is 0 Å². The van der Waals surface area contributed by atoms with Crippen LogP contribution in [0.15, 0.2) is 0 Å². The molecule has 0 aliphatic rings. The molecular weight excluding hydrogens is 202 g/mol. The third-order valence-corrected chi connectivity index (χ3v) is 2.86. The van der Waals surface area contributed by atoms with Crippen LogP contribution in [0.4, 0.5) is 0 Å². The van der Waals surface area contributed by atoms with Gasteiger partial charge in [-0.15, -0.1) is 0 Å². The molecule has 3 N–H and O–H groups in total. The molecule has 0 aromatic rings. The van der Waals surface area contributed by atoms with Gasteiger partial charge in [-0.3, -0.25) is 4.79 Å². The molecule has 0 amide bonds. The summed E-state index contributed by atoms with van der Waals surface area (Å²) in [5.74, 6) is 1.04. The summed E-state index contributed by atoms with van der Waals surface area (Å²) in [6.07, 6.45) is 1.41. The third kappa shape index (κ3) is 7.17. The van der Waals surface area contributed by atoms with Crippen molar-refractivity contribution in [3.05, 3.63) is 0 Å². The van der Waals surface area contributed by atoms with Crippen LogP contribution in [-0.2, 0) is 4.79 Å². The second-order valence-corrected chi connectivity index (χ2v) is 4.17. The average molecular weight is 221 g/mol. The van der Waals surface area contributed by atoms with E-state index in [2.05, 4.69) is 5.32 Å². The summed E-state index contributed by atoms with van der Waals surface area (Å²) < 4.78 is 0. The van der Waals surface area contributed by atoms with Crippen LogP contribution in [0.5, 0.6) is 0 Å². The number of rotatable bonds is 9. The topological polar surface area (TPSA) is 69.6 Å². The molecule has 5 heteroatoms. The summed E-state index contributed by atoms with van der Waals surface area (Å²) in [6, 6.07) is -0.423. The van der Waals surface area contributed by atoms with Crippen LogP contribution in [0.25, 0.3) is 0 Å². The highest BCUT2D eigenvalue weighted by Crippen LogP contribution is 2.00. The van der Waals surface area contributed by atoms with E-state index in [4.69, 9.17) is 10.2 Å². The molecule has 1 atom stereocenters. The van der Waals surface area contributed by atoms with Gasteiger partial charge >= 0.3 is 5.97 Å². The SMILES string of the molecule is CCC(NCCSCCCO)C(=O)O. The highest BCUT2D eigenvalue weighted by molar-refractivity contribution is 7.99. The first-order chi connectivity index (χ1) is 6.72. The Morgan fingerprint density at radius 2 is 2.21 bits per heavy atom. The maximum Gasteiger partial charge on any atom is 0.320 e. The van der Waals surface area contributed by atoms with E-state index in [-0.39, 0.29) is 6.61 Å². The van der Waals surface area contributed by atoms with E-state index in [9.17, 15) is 4.79 Å². The van der Waals surface area contributed by atoms with E-state index in [0.717, 1.165) is 17.9 Å². The van der Waals surface area contributed by atoms with Crippen LogP contribution < -0.4 is 5.32 Å². The van der Waals surface area contributed by atoms with E-state index < -0.39 is 12.0 Å². The van der Waals surface area contributed by atoms with Crippen molar-refractivity contribution in [1.82, 2.24) is 5.32 Å². The van der Waals surface area contributed by atoms with E-state index >= 15 is 0 Å². The van der Waals surface area contributed by atoms with Crippen molar-refractivity contribution in [2.75, 3.05) is 24.7 Å². The first-order valence-corrected chi connectivity index (χ1v) is 6.02. The molecule has 0 aliphatic carbocycles. The molecule has 0 aromatic carbocycles. The minimum atomic E-state index is -0.784. The van der Waals surface area contributed by atoms with E-state index in [1.807, 2.05) is 6.92 Å². The van der Waals surface area contributed by atoms with Crippen molar-refractivity contribution < 1.29 is 15.0 Å². The lowest BCUT2D eigenvalue weighted by atomic mass is 10.2. The zero-order valence-electron chi connectivity index (χ0n) is 8.53. The van der Waals surface area contributed by atoms with Gasteiger partial charge in [0, 0.05) is 18.9 Å². The van der Waals surface area contributed by atoms with Crippen LogP contribution in [-0.4, -0.2) is 46.9 Å². The summed E-state index contributed by atoms with van der Waals surface area (Å²) in [6.45, 7) is 2.79. The molecule has 0 saturated carbocycles. The van der Waals surface area contributed by atoms with Crippen molar-refractivity contribution in [2.45, 2.75) is 25.8 Å². The number of thioether (sulfide) groups is 1. The van der Waals surface area contributed by atoms with Gasteiger partial charge < -0.3 is 15.5 Å². The van der Waals surface area contributed by atoms with Crippen molar-refractivity contribution in [2.24, 2.45) is 0 Å². The van der Waals surface area contributed by atoms with Gasteiger partial charge in [0.2, 0.25) is 0 Å². The fourth-order valence-corrected chi connectivity index (χ4v) is 1.78. The van der Waals surface area contributed by atoms with Crippen LogP contribution in [0, 0.1) is 0 Å². The summed E-state index contributed by atoms with van der Waals surface area (Å²) >= 11 is 1.73. The van der Waals surface area contributed by atoms with E-state index in [1.54, 1.807) is 11.8 Å². The number of hydrogen-bond donors (Lipinski definition) is 3. The Bertz CT molecular complexity index is 155. The number of nitrogens with one attached hydrogen (secondary N) is 1. The Morgan fingerprint density at radius 3 is 2.71 bits per heavy atom. The molecule has 0 fully saturated rings.